The smallest absolute Gasteiger partial charge is 0.277 e. The van der Waals surface area contributed by atoms with Gasteiger partial charge in [-0.25, -0.2) is 9.29 Å². The summed E-state index contributed by atoms with van der Waals surface area (Å²) in [5, 5.41) is 0. The highest BCUT2D eigenvalue weighted by Gasteiger charge is 2.59. The van der Waals surface area contributed by atoms with Crippen LogP contribution in [-0.4, -0.2) is 41.8 Å². The summed E-state index contributed by atoms with van der Waals surface area (Å²) >= 11 is 0. The van der Waals surface area contributed by atoms with Crippen molar-refractivity contribution in [3.8, 4) is 11.1 Å². The Morgan fingerprint density at radius 2 is 0.900 bits per heavy atom. The molecule has 1 unspecified atom stereocenters. The minimum absolute atomic E-state index is 0.104. The molecule has 0 radical (unpaired) electrons. The summed E-state index contributed by atoms with van der Waals surface area (Å²) < 4.78 is 144. The molecule has 0 saturated heterocycles. The highest BCUT2D eigenvalue weighted by molar-refractivity contribution is 6.34. The zero-order valence-electron chi connectivity index (χ0n) is 25.2. The number of carbonyl (C=O) groups excluding carboxylic acids is 4. The van der Waals surface area contributed by atoms with Crippen LogP contribution < -0.4 is 4.90 Å². The quantitative estimate of drug-likeness (QED) is 0.158. The molecular weight excluding hydrogens is 690 g/mol. The fraction of sp³-hybridized carbons (Fsp3) is 0.176. The molecule has 0 bridgehead atoms. The molecule has 0 N–H and O–H groups in total. The summed E-state index contributed by atoms with van der Waals surface area (Å²) in [5.41, 5.74) is -14.5. The van der Waals surface area contributed by atoms with Gasteiger partial charge in [-0.15, -0.1) is 0 Å². The number of fused-ring (bicyclic) bond motifs is 2. The number of anilines is 1. The Kier molecular flexibility index (Phi) is 7.54. The maximum absolute atomic E-state index is 16.4. The first kappa shape index (κ1) is 34.3. The van der Waals surface area contributed by atoms with Gasteiger partial charge in [0.25, 0.3) is 29.3 Å². The number of carbonyl (C=O) groups is 4. The average molecular weight is 709 g/mol. The second-order valence-electron chi connectivity index (χ2n) is 11.6. The first-order chi connectivity index (χ1) is 23.1. The van der Waals surface area contributed by atoms with Gasteiger partial charge in [0.2, 0.25) is 0 Å². The van der Waals surface area contributed by atoms with Gasteiger partial charge in [0, 0.05) is 18.2 Å². The van der Waals surface area contributed by atoms with Crippen LogP contribution in [0.2, 0.25) is 0 Å². The molecule has 0 fully saturated rings. The van der Waals surface area contributed by atoms with E-state index in [0.717, 1.165) is 31.3 Å². The second kappa shape index (κ2) is 11.0. The van der Waals surface area contributed by atoms with E-state index < -0.39 is 104 Å². The molecule has 4 amide bonds. The molecule has 0 aromatic heterocycles. The number of imide groups is 2. The molecule has 0 spiro atoms. The third-order valence-corrected chi connectivity index (χ3v) is 8.50. The van der Waals surface area contributed by atoms with Crippen LogP contribution in [0.25, 0.3) is 11.1 Å². The van der Waals surface area contributed by atoms with Crippen LogP contribution in [0.5, 0.6) is 0 Å². The van der Waals surface area contributed by atoms with Crippen molar-refractivity contribution >= 4 is 29.3 Å². The van der Waals surface area contributed by atoms with Crippen molar-refractivity contribution in [2.24, 2.45) is 0 Å². The van der Waals surface area contributed by atoms with Crippen LogP contribution in [-0.2, 0) is 18.0 Å². The Hall–Kier alpha value is -5.54. The number of amides is 4. The SMILES string of the molecule is Cc1ccc(-c2ccc(N3C(=O)c4ccc(C(F)(c5ccc6c(c5)C(=O)N(C)C6=O)C(F)(F)F)cc4C3=O)cc2C(F)(F)F)c(C(F)(F)F)c1. The van der Waals surface area contributed by atoms with Crippen LogP contribution in [0.1, 0.15) is 69.2 Å². The number of nitrogens with zero attached hydrogens (tertiary/aromatic N) is 2. The van der Waals surface area contributed by atoms with Crippen LogP contribution in [0.3, 0.4) is 0 Å². The van der Waals surface area contributed by atoms with Crippen molar-refractivity contribution in [3.05, 3.63) is 123 Å². The predicted molar refractivity (Wildman–Crippen MR) is 155 cm³/mol. The lowest BCUT2D eigenvalue weighted by Crippen LogP contribution is -2.39. The fourth-order valence-electron chi connectivity index (χ4n) is 6.03. The van der Waals surface area contributed by atoms with Crippen molar-refractivity contribution in [1.29, 1.82) is 0 Å². The standard InChI is InChI=1S/C34H18F10N2O4/c1-15-3-7-19(25(11-15)32(36,37)38)20-10-6-18(14-26(20)33(39,40)41)46-29(49)22-9-5-17(13-24(22)30(46)50)31(35,34(42,43)44)16-4-8-21-23(12-16)28(48)45(2)27(21)47/h3-14H,1-2H3. The largest absolute Gasteiger partial charge is 0.431 e. The summed E-state index contributed by atoms with van der Waals surface area (Å²) in [6, 6.07) is 7.89. The van der Waals surface area contributed by atoms with E-state index in [-0.39, 0.29) is 22.1 Å². The van der Waals surface area contributed by atoms with Gasteiger partial charge in [-0.05, 0) is 60.5 Å². The molecule has 4 aromatic rings. The van der Waals surface area contributed by atoms with Gasteiger partial charge < -0.3 is 0 Å². The van der Waals surface area contributed by atoms with E-state index in [1.807, 2.05) is 0 Å². The lowest BCUT2D eigenvalue weighted by atomic mass is 9.84. The molecule has 50 heavy (non-hydrogen) atoms. The topological polar surface area (TPSA) is 74.8 Å². The summed E-state index contributed by atoms with van der Waals surface area (Å²) in [6.07, 6.45) is -16.1. The lowest BCUT2D eigenvalue weighted by Gasteiger charge is -2.29. The van der Waals surface area contributed by atoms with Crippen molar-refractivity contribution in [2.45, 2.75) is 31.1 Å². The Labute approximate surface area is 274 Å². The molecule has 16 heteroatoms. The van der Waals surface area contributed by atoms with Crippen LogP contribution in [0.4, 0.5) is 49.6 Å². The number of hydrogen-bond acceptors (Lipinski definition) is 4. The molecule has 0 aliphatic carbocycles. The normalized spacial score (nSPS) is 16.2. The molecule has 6 rings (SSSR count). The highest BCUT2D eigenvalue weighted by Crippen LogP contribution is 2.50. The molecule has 2 heterocycles. The van der Waals surface area contributed by atoms with E-state index >= 15 is 4.39 Å². The summed E-state index contributed by atoms with van der Waals surface area (Å²) in [5.74, 6) is -4.58. The maximum atomic E-state index is 16.4. The van der Waals surface area contributed by atoms with Crippen LogP contribution >= 0.6 is 0 Å². The molecule has 2 aliphatic heterocycles. The Morgan fingerprint density at radius 1 is 0.480 bits per heavy atom. The van der Waals surface area contributed by atoms with Crippen molar-refractivity contribution in [3.63, 3.8) is 0 Å². The van der Waals surface area contributed by atoms with E-state index in [2.05, 4.69) is 0 Å². The zero-order valence-corrected chi connectivity index (χ0v) is 25.2. The first-order valence-corrected chi connectivity index (χ1v) is 14.2. The van der Waals surface area contributed by atoms with Crippen molar-refractivity contribution < 1.29 is 63.1 Å². The van der Waals surface area contributed by atoms with Crippen LogP contribution in [0, 0.1) is 6.92 Å². The monoisotopic (exact) mass is 708 g/mol. The number of benzene rings is 4. The van der Waals surface area contributed by atoms with Gasteiger partial charge in [0.15, 0.2) is 0 Å². The van der Waals surface area contributed by atoms with E-state index in [0.29, 0.717) is 47.4 Å². The van der Waals surface area contributed by atoms with E-state index in [9.17, 15) is 58.7 Å². The number of halogens is 10. The van der Waals surface area contributed by atoms with Gasteiger partial charge in [-0.3, -0.25) is 24.1 Å². The van der Waals surface area contributed by atoms with Gasteiger partial charge in [0.1, 0.15) is 0 Å². The van der Waals surface area contributed by atoms with Crippen LogP contribution in [0.15, 0.2) is 72.8 Å². The second-order valence-corrected chi connectivity index (χ2v) is 11.6. The van der Waals surface area contributed by atoms with Gasteiger partial charge in [-0.1, -0.05) is 35.9 Å². The van der Waals surface area contributed by atoms with E-state index in [4.69, 9.17) is 0 Å². The van der Waals surface area contributed by atoms with Crippen molar-refractivity contribution in [1.82, 2.24) is 4.90 Å². The average Bonchev–Trinajstić information content (AvgIpc) is 3.41. The van der Waals surface area contributed by atoms with Gasteiger partial charge in [0.05, 0.1) is 39.1 Å². The third-order valence-electron chi connectivity index (χ3n) is 8.50. The molecule has 2 aliphatic rings. The molecule has 258 valence electrons. The number of rotatable bonds is 4. The first-order valence-electron chi connectivity index (χ1n) is 14.2. The fourth-order valence-corrected chi connectivity index (χ4v) is 6.03. The Bertz CT molecular complexity index is 2170. The predicted octanol–water partition coefficient (Wildman–Crippen LogP) is 8.50. The van der Waals surface area contributed by atoms with Gasteiger partial charge in [-0.2, -0.15) is 39.5 Å². The van der Waals surface area contributed by atoms with Gasteiger partial charge >= 0.3 is 18.5 Å². The summed E-state index contributed by atoms with van der Waals surface area (Å²) in [6.45, 7) is 1.30. The highest BCUT2D eigenvalue weighted by atomic mass is 19.4. The molecule has 4 aromatic carbocycles. The zero-order chi connectivity index (χ0) is 36.9. The summed E-state index contributed by atoms with van der Waals surface area (Å²) in [7, 11) is 1.07. The molecular formula is C34H18F10N2O4. The molecule has 1 atom stereocenters. The maximum Gasteiger partial charge on any atom is 0.431 e. The Balaban J connectivity index is 1.44. The number of aryl methyl sites for hydroxylation is 1. The molecule has 0 saturated carbocycles. The van der Waals surface area contributed by atoms with E-state index in [1.165, 1.54) is 6.92 Å². The van der Waals surface area contributed by atoms with Crippen molar-refractivity contribution in [2.75, 3.05) is 11.9 Å². The van der Waals surface area contributed by atoms with E-state index in [1.54, 1.807) is 0 Å². The third kappa shape index (κ3) is 5.11. The molecule has 6 nitrogen and oxygen atoms in total. The lowest BCUT2D eigenvalue weighted by molar-refractivity contribution is -0.219. The number of alkyl halides is 10. The number of hydrogen-bond donors (Lipinski definition) is 0. The minimum Gasteiger partial charge on any atom is -0.277 e. The minimum atomic E-state index is -5.75. The summed E-state index contributed by atoms with van der Waals surface area (Å²) in [4.78, 5) is 52.2. The Morgan fingerprint density at radius 3 is 1.42 bits per heavy atom.